The summed E-state index contributed by atoms with van der Waals surface area (Å²) >= 11 is 0. The van der Waals surface area contributed by atoms with Gasteiger partial charge in [0.1, 0.15) is 0 Å². The van der Waals surface area contributed by atoms with Gasteiger partial charge in [-0.2, -0.15) is 0 Å². The van der Waals surface area contributed by atoms with Crippen molar-refractivity contribution in [3.8, 4) is 0 Å². The molecule has 1 aliphatic rings. The second-order valence-corrected chi connectivity index (χ2v) is 4.57. The van der Waals surface area contributed by atoms with Crippen LogP contribution in [0, 0.1) is 5.41 Å². The summed E-state index contributed by atoms with van der Waals surface area (Å²) in [7, 11) is 0. The van der Waals surface area contributed by atoms with Crippen molar-refractivity contribution in [1.82, 2.24) is 10.3 Å². The van der Waals surface area contributed by atoms with E-state index in [4.69, 9.17) is 0 Å². The van der Waals surface area contributed by atoms with E-state index in [-0.39, 0.29) is 5.41 Å². The van der Waals surface area contributed by atoms with E-state index in [9.17, 15) is 0 Å². The maximum absolute atomic E-state index is 4.29. The zero-order valence-corrected chi connectivity index (χ0v) is 9.69. The van der Waals surface area contributed by atoms with Gasteiger partial charge >= 0.3 is 0 Å². The molecule has 0 fully saturated rings. The summed E-state index contributed by atoms with van der Waals surface area (Å²) < 4.78 is 0. The van der Waals surface area contributed by atoms with Crippen LogP contribution in [-0.4, -0.2) is 11.5 Å². The van der Waals surface area contributed by atoms with Crippen LogP contribution in [0.2, 0.25) is 0 Å². The number of nitrogens with one attached hydrogen (secondary N) is 1. The Hall–Kier alpha value is -1.41. The highest BCUT2D eigenvalue weighted by molar-refractivity contribution is 5.16. The molecule has 0 spiro atoms. The molecule has 0 saturated carbocycles. The smallest absolute Gasteiger partial charge is 0.0541 e. The first-order valence-corrected chi connectivity index (χ1v) is 5.74. The van der Waals surface area contributed by atoms with Gasteiger partial charge in [-0.3, -0.25) is 4.98 Å². The lowest BCUT2D eigenvalue weighted by Crippen LogP contribution is -2.30. The number of hydrogen-bond donors (Lipinski definition) is 1. The average Bonchev–Trinajstić information content (AvgIpc) is 2.31. The highest BCUT2D eigenvalue weighted by Gasteiger charge is 2.19. The van der Waals surface area contributed by atoms with Crippen LogP contribution in [0.4, 0.5) is 0 Å². The average molecular weight is 214 g/mol. The molecule has 2 rings (SSSR count). The molecule has 0 radical (unpaired) electrons. The van der Waals surface area contributed by atoms with Crippen LogP contribution in [0.25, 0.3) is 0 Å². The van der Waals surface area contributed by atoms with Crippen LogP contribution in [0.5, 0.6) is 0 Å². The number of rotatable bonds is 4. The van der Waals surface area contributed by atoms with Gasteiger partial charge in [0, 0.05) is 24.7 Å². The van der Waals surface area contributed by atoms with Crippen molar-refractivity contribution in [3.63, 3.8) is 0 Å². The van der Waals surface area contributed by atoms with E-state index in [1.54, 1.807) is 0 Å². The predicted octanol–water partition coefficient (Wildman–Crippen LogP) is 2.69. The Bertz CT molecular complexity index is 381. The van der Waals surface area contributed by atoms with Crippen LogP contribution in [-0.2, 0) is 6.54 Å². The third-order valence-electron chi connectivity index (χ3n) is 2.89. The molecule has 1 N–H and O–H groups in total. The molecule has 0 saturated heterocycles. The molecule has 2 heteroatoms. The maximum atomic E-state index is 4.29. The van der Waals surface area contributed by atoms with Crippen LogP contribution < -0.4 is 5.32 Å². The lowest BCUT2D eigenvalue weighted by atomic mass is 9.84. The first-order chi connectivity index (χ1) is 7.79. The number of pyridine rings is 1. The fourth-order valence-corrected chi connectivity index (χ4v) is 1.88. The minimum absolute atomic E-state index is 0.254. The fourth-order valence-electron chi connectivity index (χ4n) is 1.88. The molecule has 1 aromatic heterocycles. The maximum Gasteiger partial charge on any atom is 0.0541 e. The summed E-state index contributed by atoms with van der Waals surface area (Å²) in [4.78, 5) is 4.29. The molecule has 1 aliphatic carbocycles. The summed E-state index contributed by atoms with van der Waals surface area (Å²) in [6.45, 7) is 4.11. The number of nitrogens with zero attached hydrogens (tertiary/aromatic N) is 1. The first-order valence-electron chi connectivity index (χ1n) is 5.74. The Labute approximate surface area is 97.1 Å². The topological polar surface area (TPSA) is 24.9 Å². The lowest BCUT2D eigenvalue weighted by molar-refractivity contribution is 0.392. The molecule has 1 atom stereocenters. The number of hydrogen-bond acceptors (Lipinski definition) is 2. The summed E-state index contributed by atoms with van der Waals surface area (Å²) in [5.74, 6) is 0. The van der Waals surface area contributed by atoms with Gasteiger partial charge in [0.2, 0.25) is 0 Å². The quantitative estimate of drug-likeness (QED) is 0.833. The van der Waals surface area contributed by atoms with Crippen molar-refractivity contribution in [1.29, 1.82) is 0 Å². The number of allylic oxidation sites excluding steroid dienone is 3. The third kappa shape index (κ3) is 3.04. The normalized spacial score (nSPS) is 23.6. The van der Waals surface area contributed by atoms with Crippen LogP contribution in [0.3, 0.4) is 0 Å². The van der Waals surface area contributed by atoms with E-state index in [1.807, 2.05) is 24.4 Å². The fraction of sp³-hybridized carbons (Fsp3) is 0.357. The second-order valence-electron chi connectivity index (χ2n) is 4.57. The molecule has 0 aromatic carbocycles. The van der Waals surface area contributed by atoms with E-state index in [2.05, 4.69) is 41.5 Å². The zero-order chi connectivity index (χ0) is 11.3. The van der Waals surface area contributed by atoms with Gasteiger partial charge in [-0.25, -0.2) is 0 Å². The van der Waals surface area contributed by atoms with Gasteiger partial charge in [-0.15, -0.1) is 0 Å². The molecule has 0 aliphatic heterocycles. The van der Waals surface area contributed by atoms with E-state index in [0.717, 1.165) is 25.2 Å². The van der Waals surface area contributed by atoms with Crippen LogP contribution in [0.15, 0.2) is 48.7 Å². The molecule has 0 bridgehead atoms. The molecule has 2 nitrogen and oxygen atoms in total. The van der Waals surface area contributed by atoms with Crippen molar-refractivity contribution in [3.05, 3.63) is 54.4 Å². The van der Waals surface area contributed by atoms with Crippen LogP contribution >= 0.6 is 0 Å². The van der Waals surface area contributed by atoms with Crippen LogP contribution in [0.1, 0.15) is 19.0 Å². The first kappa shape index (κ1) is 11.1. The van der Waals surface area contributed by atoms with Gasteiger partial charge in [0.05, 0.1) is 5.69 Å². The SMILES string of the molecule is CC1(CNCc2ccccn2)C=CC=CC1. The Balaban J connectivity index is 1.80. The van der Waals surface area contributed by atoms with Crippen molar-refractivity contribution < 1.29 is 0 Å². The lowest BCUT2D eigenvalue weighted by Gasteiger charge is -2.26. The highest BCUT2D eigenvalue weighted by atomic mass is 14.9. The van der Waals surface area contributed by atoms with Gasteiger partial charge in [0.25, 0.3) is 0 Å². The van der Waals surface area contributed by atoms with E-state index >= 15 is 0 Å². The van der Waals surface area contributed by atoms with Gasteiger partial charge < -0.3 is 5.32 Å². The summed E-state index contributed by atoms with van der Waals surface area (Å²) in [6, 6.07) is 6.01. The monoisotopic (exact) mass is 214 g/mol. The largest absolute Gasteiger partial charge is 0.310 e. The standard InChI is InChI=1S/C14H18N2/c1-14(8-4-2-5-9-14)12-15-11-13-7-3-6-10-16-13/h2-8,10,15H,9,11-12H2,1H3. The Morgan fingerprint density at radius 2 is 2.31 bits per heavy atom. The molecule has 84 valence electrons. The van der Waals surface area contributed by atoms with Gasteiger partial charge in [-0.1, -0.05) is 37.3 Å². The van der Waals surface area contributed by atoms with Crippen molar-refractivity contribution in [2.24, 2.45) is 5.41 Å². The predicted molar refractivity (Wildman–Crippen MR) is 66.9 cm³/mol. The molecular weight excluding hydrogens is 196 g/mol. The summed E-state index contributed by atoms with van der Waals surface area (Å²) in [5.41, 5.74) is 1.35. The second kappa shape index (κ2) is 5.08. The molecule has 0 amide bonds. The molecule has 1 aromatic rings. The molecular formula is C14H18N2. The minimum atomic E-state index is 0.254. The van der Waals surface area contributed by atoms with Crippen molar-refractivity contribution in [2.45, 2.75) is 19.9 Å². The molecule has 1 heterocycles. The van der Waals surface area contributed by atoms with E-state index in [0.29, 0.717) is 0 Å². The Morgan fingerprint density at radius 3 is 3.00 bits per heavy atom. The van der Waals surface area contributed by atoms with Crippen molar-refractivity contribution >= 4 is 0 Å². The Kier molecular flexibility index (Phi) is 3.52. The minimum Gasteiger partial charge on any atom is -0.310 e. The van der Waals surface area contributed by atoms with Gasteiger partial charge in [-0.05, 0) is 18.6 Å². The van der Waals surface area contributed by atoms with Gasteiger partial charge in [0.15, 0.2) is 0 Å². The van der Waals surface area contributed by atoms with E-state index in [1.165, 1.54) is 0 Å². The van der Waals surface area contributed by atoms with Crippen molar-refractivity contribution in [2.75, 3.05) is 6.54 Å². The van der Waals surface area contributed by atoms with E-state index < -0.39 is 0 Å². The summed E-state index contributed by atoms with van der Waals surface area (Å²) in [5, 5.41) is 3.46. The number of aromatic nitrogens is 1. The molecule has 1 unspecified atom stereocenters. The third-order valence-corrected chi connectivity index (χ3v) is 2.89. The highest BCUT2D eigenvalue weighted by Crippen LogP contribution is 2.25. The zero-order valence-electron chi connectivity index (χ0n) is 9.69. The molecule has 16 heavy (non-hydrogen) atoms. The Morgan fingerprint density at radius 1 is 1.38 bits per heavy atom. The summed E-state index contributed by atoms with van der Waals surface area (Å²) in [6.07, 6.45) is 11.7.